The summed E-state index contributed by atoms with van der Waals surface area (Å²) >= 11 is 0. The molecule has 0 atom stereocenters. The first-order chi connectivity index (χ1) is 11.5. The normalized spacial score (nSPS) is 10.3. The van der Waals surface area contributed by atoms with Crippen molar-refractivity contribution in [3.8, 4) is 11.5 Å². The van der Waals surface area contributed by atoms with Crippen molar-refractivity contribution in [2.75, 3.05) is 19.0 Å². The summed E-state index contributed by atoms with van der Waals surface area (Å²) in [5.74, 6) is 1.02. The van der Waals surface area contributed by atoms with Gasteiger partial charge in [-0.3, -0.25) is 9.59 Å². The molecule has 0 aliphatic carbocycles. The van der Waals surface area contributed by atoms with Gasteiger partial charge in [-0.2, -0.15) is 0 Å². The molecule has 2 aromatic carbocycles. The maximum atomic E-state index is 12.5. The molecule has 0 saturated heterocycles. The molecule has 0 fully saturated rings. The van der Waals surface area contributed by atoms with Crippen molar-refractivity contribution in [1.29, 1.82) is 0 Å². The van der Waals surface area contributed by atoms with Gasteiger partial charge in [-0.25, -0.2) is 0 Å². The number of nitrogens with one attached hydrogen (secondary N) is 1. The first kappa shape index (κ1) is 17.5. The van der Waals surface area contributed by atoms with Gasteiger partial charge in [0.25, 0.3) is 5.91 Å². The highest BCUT2D eigenvalue weighted by Gasteiger charge is 2.15. The summed E-state index contributed by atoms with van der Waals surface area (Å²) in [5.41, 5.74) is 1.32. The van der Waals surface area contributed by atoms with E-state index in [1.807, 2.05) is 13.8 Å². The quantitative estimate of drug-likeness (QED) is 0.786. The lowest BCUT2D eigenvalue weighted by atomic mass is 10.1. The largest absolute Gasteiger partial charge is 0.496 e. The lowest BCUT2D eigenvalue weighted by Crippen LogP contribution is -2.15. The maximum Gasteiger partial charge on any atom is 0.259 e. The third-order valence-corrected chi connectivity index (χ3v) is 3.31. The van der Waals surface area contributed by atoms with Crippen molar-refractivity contribution in [3.63, 3.8) is 0 Å². The van der Waals surface area contributed by atoms with E-state index in [0.29, 0.717) is 40.8 Å². The van der Waals surface area contributed by atoms with Crippen molar-refractivity contribution in [2.24, 2.45) is 5.92 Å². The average Bonchev–Trinajstić information content (AvgIpc) is 2.60. The molecule has 5 heteroatoms. The zero-order valence-electron chi connectivity index (χ0n) is 14.0. The number of rotatable bonds is 7. The number of carbonyl (C=O) groups is 2. The number of ether oxygens (including phenoxy) is 2. The topological polar surface area (TPSA) is 64.6 Å². The third-order valence-electron chi connectivity index (χ3n) is 3.31. The predicted molar refractivity (Wildman–Crippen MR) is 93.1 cm³/mol. The van der Waals surface area contributed by atoms with Gasteiger partial charge in [0.2, 0.25) is 0 Å². The molecule has 1 amide bonds. The lowest BCUT2D eigenvalue weighted by Gasteiger charge is -2.15. The Labute approximate surface area is 141 Å². The van der Waals surface area contributed by atoms with Gasteiger partial charge in [-0.15, -0.1) is 0 Å². The van der Waals surface area contributed by atoms with E-state index in [-0.39, 0.29) is 5.91 Å². The molecule has 0 saturated carbocycles. The highest BCUT2D eigenvalue weighted by molar-refractivity contribution is 6.07. The van der Waals surface area contributed by atoms with Crippen molar-refractivity contribution in [1.82, 2.24) is 0 Å². The van der Waals surface area contributed by atoms with Crippen LogP contribution < -0.4 is 14.8 Å². The Morgan fingerprint density at radius 2 is 1.92 bits per heavy atom. The summed E-state index contributed by atoms with van der Waals surface area (Å²) in [7, 11) is 1.51. The molecule has 0 aromatic heterocycles. The Hall–Kier alpha value is -2.82. The standard InChI is InChI=1S/C19H21NO4/c1-13(2)12-24-18-9-8-14(11-21)10-16(18)20-19(22)15-6-4-5-7-17(15)23-3/h4-11,13H,12H2,1-3H3,(H,20,22). The Balaban J connectivity index is 2.29. The fourth-order valence-corrected chi connectivity index (χ4v) is 2.12. The van der Waals surface area contributed by atoms with Crippen molar-refractivity contribution >= 4 is 17.9 Å². The van der Waals surface area contributed by atoms with E-state index in [1.165, 1.54) is 7.11 Å². The predicted octanol–water partition coefficient (Wildman–Crippen LogP) is 3.79. The zero-order chi connectivity index (χ0) is 17.5. The summed E-state index contributed by atoms with van der Waals surface area (Å²) in [5, 5.41) is 2.80. The number of carbonyl (C=O) groups excluding carboxylic acids is 2. The van der Waals surface area contributed by atoms with Gasteiger partial charge in [0.15, 0.2) is 0 Å². The lowest BCUT2D eigenvalue weighted by molar-refractivity contribution is 0.102. The first-order valence-corrected chi connectivity index (χ1v) is 7.71. The molecule has 5 nitrogen and oxygen atoms in total. The molecule has 2 rings (SSSR count). The van der Waals surface area contributed by atoms with Crippen LogP contribution in [0.4, 0.5) is 5.69 Å². The van der Waals surface area contributed by atoms with E-state index in [2.05, 4.69) is 5.32 Å². The number of para-hydroxylation sites is 1. The van der Waals surface area contributed by atoms with Crippen molar-refractivity contribution < 1.29 is 19.1 Å². The molecule has 126 valence electrons. The number of benzene rings is 2. The number of anilines is 1. The molecule has 0 unspecified atom stereocenters. The van der Waals surface area contributed by atoms with Crippen LogP contribution in [0.5, 0.6) is 11.5 Å². The van der Waals surface area contributed by atoms with Gasteiger partial charge in [0.05, 0.1) is 25.0 Å². The number of aldehydes is 1. The second-order valence-corrected chi connectivity index (χ2v) is 5.73. The van der Waals surface area contributed by atoms with E-state index in [1.54, 1.807) is 42.5 Å². The summed E-state index contributed by atoms with van der Waals surface area (Å²) in [4.78, 5) is 23.6. The fraction of sp³-hybridized carbons (Fsp3) is 0.263. The maximum absolute atomic E-state index is 12.5. The monoisotopic (exact) mass is 327 g/mol. The molecule has 24 heavy (non-hydrogen) atoms. The molecule has 0 radical (unpaired) electrons. The molecule has 2 aromatic rings. The van der Waals surface area contributed by atoms with Gasteiger partial charge < -0.3 is 14.8 Å². The number of hydrogen-bond donors (Lipinski definition) is 1. The van der Waals surface area contributed by atoms with Crippen LogP contribution in [0.1, 0.15) is 34.6 Å². The van der Waals surface area contributed by atoms with Gasteiger partial charge in [0, 0.05) is 5.56 Å². The summed E-state index contributed by atoms with van der Waals surface area (Å²) < 4.78 is 10.9. The number of amides is 1. The van der Waals surface area contributed by atoms with Crippen molar-refractivity contribution in [3.05, 3.63) is 53.6 Å². The van der Waals surface area contributed by atoms with Crippen LogP contribution in [0.15, 0.2) is 42.5 Å². The van der Waals surface area contributed by atoms with E-state index in [0.717, 1.165) is 6.29 Å². The smallest absolute Gasteiger partial charge is 0.259 e. The van der Waals surface area contributed by atoms with Crippen LogP contribution in [0.3, 0.4) is 0 Å². The SMILES string of the molecule is COc1ccccc1C(=O)Nc1cc(C=O)ccc1OCC(C)C. The van der Waals surface area contributed by atoms with Crippen LogP contribution in [0.25, 0.3) is 0 Å². The Morgan fingerprint density at radius 1 is 1.17 bits per heavy atom. The van der Waals surface area contributed by atoms with Gasteiger partial charge >= 0.3 is 0 Å². The van der Waals surface area contributed by atoms with E-state index in [4.69, 9.17) is 9.47 Å². The Morgan fingerprint density at radius 3 is 2.58 bits per heavy atom. The van der Waals surface area contributed by atoms with E-state index in [9.17, 15) is 9.59 Å². The van der Waals surface area contributed by atoms with E-state index < -0.39 is 0 Å². The van der Waals surface area contributed by atoms with Crippen LogP contribution >= 0.6 is 0 Å². The molecule has 0 spiro atoms. The zero-order valence-corrected chi connectivity index (χ0v) is 14.0. The molecule has 0 bridgehead atoms. The minimum atomic E-state index is -0.329. The van der Waals surface area contributed by atoms with Crippen LogP contribution in [0, 0.1) is 5.92 Å². The van der Waals surface area contributed by atoms with Crippen molar-refractivity contribution in [2.45, 2.75) is 13.8 Å². The van der Waals surface area contributed by atoms with Crippen LogP contribution in [-0.4, -0.2) is 25.9 Å². The fourth-order valence-electron chi connectivity index (χ4n) is 2.12. The van der Waals surface area contributed by atoms with E-state index >= 15 is 0 Å². The molecule has 1 N–H and O–H groups in total. The van der Waals surface area contributed by atoms with Crippen LogP contribution in [0.2, 0.25) is 0 Å². The highest BCUT2D eigenvalue weighted by atomic mass is 16.5. The number of methoxy groups -OCH3 is 1. The first-order valence-electron chi connectivity index (χ1n) is 7.71. The minimum absolute atomic E-state index is 0.329. The molecule has 0 heterocycles. The molecule has 0 aliphatic rings. The Kier molecular flexibility index (Phi) is 5.95. The average molecular weight is 327 g/mol. The second kappa shape index (κ2) is 8.15. The minimum Gasteiger partial charge on any atom is -0.496 e. The van der Waals surface area contributed by atoms with Gasteiger partial charge in [0.1, 0.15) is 17.8 Å². The second-order valence-electron chi connectivity index (χ2n) is 5.73. The summed E-state index contributed by atoms with van der Waals surface area (Å²) in [6.45, 7) is 4.58. The molecular weight excluding hydrogens is 306 g/mol. The highest BCUT2D eigenvalue weighted by Crippen LogP contribution is 2.28. The summed E-state index contributed by atoms with van der Waals surface area (Å²) in [6.07, 6.45) is 0.727. The van der Waals surface area contributed by atoms with Crippen LogP contribution in [-0.2, 0) is 0 Å². The molecular formula is C19H21NO4. The third kappa shape index (κ3) is 4.35. The van der Waals surface area contributed by atoms with Gasteiger partial charge in [-0.1, -0.05) is 26.0 Å². The number of hydrogen-bond acceptors (Lipinski definition) is 4. The summed E-state index contributed by atoms with van der Waals surface area (Å²) in [6, 6.07) is 11.9. The van der Waals surface area contributed by atoms with Gasteiger partial charge in [-0.05, 0) is 36.2 Å². The molecule has 0 aliphatic heterocycles. The Bertz CT molecular complexity index is 725.